The molecule has 5 rings (SSSR count). The molecular weight excluding hydrogens is 392 g/mol. The van der Waals surface area contributed by atoms with Gasteiger partial charge in [0.2, 0.25) is 5.91 Å². The zero-order valence-corrected chi connectivity index (χ0v) is 17.5. The van der Waals surface area contributed by atoms with Crippen LogP contribution < -0.4 is 4.74 Å². The van der Waals surface area contributed by atoms with Crippen LogP contribution in [-0.4, -0.2) is 52.8 Å². The SMILES string of the molecule is O=C(CCCN1C(=O)c2ccccc2C1=O)N1CCC2(CCc3ccccc3O2)CC1. The third kappa shape index (κ3) is 3.60. The van der Waals surface area contributed by atoms with Crippen LogP contribution in [0, 0.1) is 0 Å². The Morgan fingerprint density at radius 3 is 2.26 bits per heavy atom. The molecule has 0 aromatic heterocycles. The number of aryl methyl sites for hydroxylation is 1. The highest BCUT2D eigenvalue weighted by atomic mass is 16.5. The second-order valence-corrected chi connectivity index (χ2v) is 8.68. The van der Waals surface area contributed by atoms with Crippen molar-refractivity contribution in [2.24, 2.45) is 0 Å². The summed E-state index contributed by atoms with van der Waals surface area (Å²) in [5.74, 6) is 0.544. The summed E-state index contributed by atoms with van der Waals surface area (Å²) in [4.78, 5) is 40.8. The molecule has 1 fully saturated rings. The number of imide groups is 1. The Balaban J connectivity index is 1.11. The summed E-state index contributed by atoms with van der Waals surface area (Å²) in [5.41, 5.74) is 2.01. The minimum Gasteiger partial charge on any atom is -0.487 e. The van der Waals surface area contributed by atoms with Gasteiger partial charge in [-0.2, -0.15) is 0 Å². The van der Waals surface area contributed by atoms with E-state index in [0.717, 1.165) is 31.4 Å². The smallest absolute Gasteiger partial charge is 0.261 e. The average Bonchev–Trinajstić information content (AvgIpc) is 3.04. The van der Waals surface area contributed by atoms with Crippen molar-refractivity contribution in [3.63, 3.8) is 0 Å². The van der Waals surface area contributed by atoms with Crippen molar-refractivity contribution in [2.75, 3.05) is 19.6 Å². The van der Waals surface area contributed by atoms with Crippen molar-refractivity contribution in [2.45, 2.75) is 44.1 Å². The van der Waals surface area contributed by atoms with Gasteiger partial charge in [-0.1, -0.05) is 30.3 Å². The molecule has 0 atom stereocenters. The number of piperidine rings is 1. The number of hydrogen-bond acceptors (Lipinski definition) is 4. The first-order valence-electron chi connectivity index (χ1n) is 11.1. The van der Waals surface area contributed by atoms with Crippen LogP contribution in [0.2, 0.25) is 0 Å². The van der Waals surface area contributed by atoms with Crippen molar-refractivity contribution in [3.8, 4) is 5.75 Å². The lowest BCUT2D eigenvalue weighted by Gasteiger charge is -2.44. The Labute approximate surface area is 181 Å². The molecule has 160 valence electrons. The Hall–Kier alpha value is -3.15. The van der Waals surface area contributed by atoms with Gasteiger partial charge < -0.3 is 9.64 Å². The minimum atomic E-state index is -0.261. The van der Waals surface area contributed by atoms with E-state index in [1.807, 2.05) is 23.1 Å². The molecule has 3 heterocycles. The van der Waals surface area contributed by atoms with Crippen LogP contribution >= 0.6 is 0 Å². The topological polar surface area (TPSA) is 66.9 Å². The fourth-order valence-corrected chi connectivity index (χ4v) is 4.96. The fraction of sp³-hybridized carbons (Fsp3) is 0.400. The number of para-hydroxylation sites is 1. The Bertz CT molecular complexity index is 1000. The van der Waals surface area contributed by atoms with Gasteiger partial charge >= 0.3 is 0 Å². The Morgan fingerprint density at radius 2 is 1.55 bits per heavy atom. The molecule has 0 aliphatic carbocycles. The van der Waals surface area contributed by atoms with Crippen LogP contribution in [0.25, 0.3) is 0 Å². The van der Waals surface area contributed by atoms with Crippen molar-refractivity contribution >= 4 is 17.7 Å². The van der Waals surface area contributed by atoms with E-state index in [2.05, 4.69) is 6.07 Å². The summed E-state index contributed by atoms with van der Waals surface area (Å²) in [6.07, 6.45) is 4.51. The summed E-state index contributed by atoms with van der Waals surface area (Å²) < 4.78 is 6.37. The van der Waals surface area contributed by atoms with Crippen LogP contribution in [0.15, 0.2) is 48.5 Å². The van der Waals surface area contributed by atoms with Gasteiger partial charge in [0.25, 0.3) is 11.8 Å². The largest absolute Gasteiger partial charge is 0.487 e. The normalized spacial score (nSPS) is 19.2. The highest BCUT2D eigenvalue weighted by Gasteiger charge is 2.40. The summed E-state index contributed by atoms with van der Waals surface area (Å²) >= 11 is 0. The van der Waals surface area contributed by atoms with E-state index in [1.165, 1.54) is 10.5 Å². The van der Waals surface area contributed by atoms with Gasteiger partial charge in [0, 0.05) is 38.9 Å². The average molecular weight is 418 g/mol. The van der Waals surface area contributed by atoms with Crippen LogP contribution in [0.4, 0.5) is 0 Å². The number of rotatable bonds is 4. The van der Waals surface area contributed by atoms with E-state index in [1.54, 1.807) is 24.3 Å². The molecule has 3 aliphatic heterocycles. The van der Waals surface area contributed by atoms with Crippen LogP contribution in [0.1, 0.15) is 58.4 Å². The molecule has 6 nitrogen and oxygen atoms in total. The standard InChI is InChI=1S/C25H26N2O4/c28-22(10-5-15-27-23(29)19-7-2-3-8-20(19)24(27)30)26-16-13-25(14-17-26)12-11-18-6-1-4-9-21(18)31-25/h1-4,6-9H,5,10-17H2. The van der Waals surface area contributed by atoms with Gasteiger partial charge in [-0.05, 0) is 43.0 Å². The highest BCUT2D eigenvalue weighted by Crippen LogP contribution is 2.39. The molecule has 0 N–H and O–H groups in total. The predicted octanol–water partition coefficient (Wildman–Crippen LogP) is 3.45. The predicted molar refractivity (Wildman–Crippen MR) is 115 cm³/mol. The number of nitrogens with zero attached hydrogens (tertiary/aromatic N) is 2. The second-order valence-electron chi connectivity index (χ2n) is 8.68. The van der Waals surface area contributed by atoms with Crippen LogP contribution in [0.5, 0.6) is 5.75 Å². The van der Waals surface area contributed by atoms with Crippen molar-refractivity contribution in [3.05, 3.63) is 65.2 Å². The van der Waals surface area contributed by atoms with Crippen LogP contribution in [-0.2, 0) is 11.2 Å². The van der Waals surface area contributed by atoms with E-state index in [-0.39, 0.29) is 29.9 Å². The highest BCUT2D eigenvalue weighted by molar-refractivity contribution is 6.21. The molecule has 2 aromatic carbocycles. The number of carbonyl (C=O) groups excluding carboxylic acids is 3. The van der Waals surface area contributed by atoms with Gasteiger partial charge in [0.1, 0.15) is 11.4 Å². The maximum absolute atomic E-state index is 12.7. The van der Waals surface area contributed by atoms with Gasteiger partial charge in [0.05, 0.1) is 11.1 Å². The number of amides is 3. The zero-order chi connectivity index (χ0) is 21.4. The molecule has 31 heavy (non-hydrogen) atoms. The van der Waals surface area contributed by atoms with Gasteiger partial charge in [-0.15, -0.1) is 0 Å². The lowest BCUT2D eigenvalue weighted by atomic mass is 9.83. The third-order valence-electron chi connectivity index (χ3n) is 6.83. The fourth-order valence-electron chi connectivity index (χ4n) is 4.96. The first kappa shape index (κ1) is 19.8. The third-order valence-corrected chi connectivity index (χ3v) is 6.83. The summed E-state index contributed by atoms with van der Waals surface area (Å²) in [6.45, 7) is 1.65. The van der Waals surface area contributed by atoms with Gasteiger partial charge in [0.15, 0.2) is 0 Å². The number of ether oxygens (including phenoxy) is 1. The van der Waals surface area contributed by atoms with E-state index < -0.39 is 0 Å². The molecule has 2 aromatic rings. The molecule has 6 heteroatoms. The maximum atomic E-state index is 12.7. The maximum Gasteiger partial charge on any atom is 0.261 e. The molecule has 0 radical (unpaired) electrons. The molecular formula is C25H26N2O4. The minimum absolute atomic E-state index is 0.0858. The van der Waals surface area contributed by atoms with Crippen LogP contribution in [0.3, 0.4) is 0 Å². The second kappa shape index (κ2) is 7.84. The molecule has 1 spiro atoms. The van der Waals surface area contributed by atoms with E-state index in [9.17, 15) is 14.4 Å². The monoisotopic (exact) mass is 418 g/mol. The number of likely N-dealkylation sites (tertiary alicyclic amines) is 1. The van der Waals surface area contributed by atoms with E-state index >= 15 is 0 Å². The molecule has 0 unspecified atom stereocenters. The van der Waals surface area contributed by atoms with Crippen molar-refractivity contribution < 1.29 is 19.1 Å². The zero-order valence-electron chi connectivity index (χ0n) is 17.5. The molecule has 0 bridgehead atoms. The van der Waals surface area contributed by atoms with E-state index in [4.69, 9.17) is 4.74 Å². The van der Waals surface area contributed by atoms with Crippen molar-refractivity contribution in [1.29, 1.82) is 0 Å². The first-order chi connectivity index (χ1) is 15.1. The summed E-state index contributed by atoms with van der Waals surface area (Å²) in [5, 5.41) is 0. The molecule has 1 saturated heterocycles. The van der Waals surface area contributed by atoms with Gasteiger partial charge in [-0.25, -0.2) is 0 Å². The summed E-state index contributed by atoms with van der Waals surface area (Å²) in [6, 6.07) is 15.1. The molecule has 3 amide bonds. The molecule has 0 saturated carbocycles. The first-order valence-corrected chi connectivity index (χ1v) is 11.1. The summed E-state index contributed by atoms with van der Waals surface area (Å²) in [7, 11) is 0. The van der Waals surface area contributed by atoms with Crippen molar-refractivity contribution in [1.82, 2.24) is 9.80 Å². The number of hydrogen-bond donors (Lipinski definition) is 0. The van der Waals surface area contributed by atoms with Gasteiger partial charge in [-0.3, -0.25) is 19.3 Å². The lowest BCUT2D eigenvalue weighted by molar-refractivity contribution is -0.135. The Kier molecular flexibility index (Phi) is 5.00. The lowest BCUT2D eigenvalue weighted by Crippen LogP contribution is -2.51. The Morgan fingerprint density at radius 1 is 0.903 bits per heavy atom. The number of fused-ring (bicyclic) bond motifs is 2. The number of carbonyl (C=O) groups is 3. The number of benzene rings is 2. The van der Waals surface area contributed by atoms with E-state index in [0.29, 0.717) is 37.1 Å². The molecule has 3 aliphatic rings. The quantitative estimate of drug-likeness (QED) is 0.714.